The van der Waals surface area contributed by atoms with Crippen molar-refractivity contribution >= 4 is 21.6 Å². The largest absolute Gasteiger partial charge is 0.324 e. The zero-order valence-corrected chi connectivity index (χ0v) is 12.5. The fraction of sp³-hybridized carbons (Fsp3) is 0.500. The summed E-state index contributed by atoms with van der Waals surface area (Å²) in [7, 11) is -2.96. The van der Waals surface area contributed by atoms with Gasteiger partial charge in [-0.3, -0.25) is 0 Å². The fourth-order valence-electron chi connectivity index (χ4n) is 3.12. The summed E-state index contributed by atoms with van der Waals surface area (Å²) in [4.78, 5) is 13.7. The minimum Gasteiger partial charge on any atom is -0.324 e. The van der Waals surface area contributed by atoms with E-state index < -0.39 is 16.3 Å². The Morgan fingerprint density at radius 3 is 2.18 bits per heavy atom. The van der Waals surface area contributed by atoms with Crippen LogP contribution < -0.4 is 5.32 Å². The lowest BCUT2D eigenvalue weighted by Gasteiger charge is -2.18. The number of fused-ring (bicyclic) bond motifs is 1. The van der Waals surface area contributed by atoms with Crippen LogP contribution in [-0.4, -0.2) is 43.9 Å². The van der Waals surface area contributed by atoms with Gasteiger partial charge in [0, 0.05) is 24.3 Å². The van der Waals surface area contributed by atoms with Crippen molar-refractivity contribution < 1.29 is 22.0 Å². The van der Waals surface area contributed by atoms with E-state index >= 15 is 0 Å². The Kier molecular flexibility index (Phi) is 3.80. The molecule has 22 heavy (non-hydrogen) atoms. The van der Waals surface area contributed by atoms with Crippen LogP contribution in [0.5, 0.6) is 0 Å². The molecule has 0 saturated carbocycles. The van der Waals surface area contributed by atoms with Crippen molar-refractivity contribution in [3.8, 4) is 0 Å². The molecule has 0 bridgehead atoms. The van der Waals surface area contributed by atoms with Crippen LogP contribution in [0.1, 0.15) is 12.0 Å². The van der Waals surface area contributed by atoms with Crippen LogP contribution in [0.4, 0.5) is 19.3 Å². The van der Waals surface area contributed by atoms with Crippen molar-refractivity contribution in [2.75, 3.05) is 29.9 Å². The molecular formula is C14H16F2N2O3S. The van der Waals surface area contributed by atoms with Gasteiger partial charge in [0.05, 0.1) is 11.5 Å². The van der Waals surface area contributed by atoms with Crippen molar-refractivity contribution in [3.63, 3.8) is 0 Å². The third-order valence-corrected chi connectivity index (χ3v) is 6.09. The monoisotopic (exact) mass is 330 g/mol. The van der Waals surface area contributed by atoms with Crippen molar-refractivity contribution in [2.45, 2.75) is 6.43 Å². The first-order chi connectivity index (χ1) is 10.3. The molecule has 3 rings (SSSR count). The highest BCUT2D eigenvalue weighted by Crippen LogP contribution is 2.33. The van der Waals surface area contributed by atoms with Gasteiger partial charge in [-0.05, 0) is 24.0 Å². The molecule has 1 N–H and O–H groups in total. The van der Waals surface area contributed by atoms with Gasteiger partial charge in [-0.25, -0.2) is 22.0 Å². The second kappa shape index (κ2) is 5.49. The number of halogens is 2. The normalized spacial score (nSPS) is 26.2. The molecule has 2 heterocycles. The van der Waals surface area contributed by atoms with Crippen LogP contribution in [0, 0.1) is 11.8 Å². The number of carbonyl (C=O) groups is 1. The Bertz CT molecular complexity index is 656. The molecule has 2 amide bonds. The number of alkyl halides is 2. The summed E-state index contributed by atoms with van der Waals surface area (Å²) in [6.45, 7) is 0.843. The molecule has 2 saturated heterocycles. The molecule has 8 heteroatoms. The summed E-state index contributed by atoms with van der Waals surface area (Å²) >= 11 is 0. The Labute approximate surface area is 127 Å². The molecular weight excluding hydrogens is 314 g/mol. The molecule has 0 aromatic heterocycles. The van der Waals surface area contributed by atoms with Gasteiger partial charge in [0.15, 0.2) is 9.84 Å². The summed E-state index contributed by atoms with van der Waals surface area (Å²) in [6.07, 6.45) is -2.54. The highest BCUT2D eigenvalue weighted by Gasteiger charge is 2.44. The SMILES string of the molecule is O=C(Nc1ccc(C(F)F)cc1)N1C[C@@H]2CS(=O)(=O)C[C@@H]2C1. The van der Waals surface area contributed by atoms with Crippen molar-refractivity contribution in [1.82, 2.24) is 4.90 Å². The Balaban J connectivity index is 1.60. The van der Waals surface area contributed by atoms with Crippen molar-refractivity contribution in [2.24, 2.45) is 11.8 Å². The number of rotatable bonds is 2. The number of anilines is 1. The first-order valence-electron chi connectivity index (χ1n) is 6.98. The van der Waals surface area contributed by atoms with Crippen LogP contribution in [0.15, 0.2) is 24.3 Å². The average Bonchev–Trinajstić information content (AvgIpc) is 2.92. The average molecular weight is 330 g/mol. The maximum Gasteiger partial charge on any atom is 0.321 e. The smallest absolute Gasteiger partial charge is 0.321 e. The lowest BCUT2D eigenvalue weighted by Crippen LogP contribution is -2.34. The highest BCUT2D eigenvalue weighted by molar-refractivity contribution is 7.91. The Morgan fingerprint density at radius 1 is 1.14 bits per heavy atom. The molecule has 0 radical (unpaired) electrons. The maximum atomic E-state index is 12.5. The van der Waals surface area contributed by atoms with E-state index in [0.717, 1.165) is 0 Å². The Hall–Kier alpha value is -1.70. The number of nitrogens with one attached hydrogen (secondary N) is 1. The van der Waals surface area contributed by atoms with Crippen molar-refractivity contribution in [3.05, 3.63) is 29.8 Å². The molecule has 0 unspecified atom stereocenters. The predicted molar refractivity (Wildman–Crippen MR) is 77.6 cm³/mol. The van der Waals surface area contributed by atoms with Gasteiger partial charge in [0.25, 0.3) is 6.43 Å². The number of sulfone groups is 1. The van der Waals surface area contributed by atoms with E-state index in [1.807, 2.05) is 0 Å². The predicted octanol–water partition coefficient (Wildman–Crippen LogP) is 2.13. The number of hydrogen-bond acceptors (Lipinski definition) is 3. The standard InChI is InChI=1S/C14H16F2N2O3S/c15-13(16)9-1-3-12(4-2-9)17-14(19)18-5-10-7-22(20,21)8-11(10)6-18/h1-4,10-11,13H,5-8H2,(H,17,19)/t10-,11+. The molecule has 120 valence electrons. The second-order valence-corrected chi connectivity index (χ2v) is 8.01. The lowest BCUT2D eigenvalue weighted by molar-refractivity contribution is 0.151. The topological polar surface area (TPSA) is 66.5 Å². The quantitative estimate of drug-likeness (QED) is 0.903. The fourth-order valence-corrected chi connectivity index (χ4v) is 5.31. The van der Waals surface area contributed by atoms with Gasteiger partial charge < -0.3 is 10.2 Å². The Morgan fingerprint density at radius 2 is 1.68 bits per heavy atom. The minimum atomic E-state index is -2.96. The van der Waals surface area contributed by atoms with E-state index in [2.05, 4.69) is 5.32 Å². The molecule has 2 aliphatic rings. The number of nitrogens with zero attached hydrogens (tertiary/aromatic N) is 1. The lowest BCUT2D eigenvalue weighted by atomic mass is 10.0. The van der Waals surface area contributed by atoms with E-state index in [0.29, 0.717) is 18.8 Å². The maximum absolute atomic E-state index is 12.5. The van der Waals surface area contributed by atoms with E-state index in [1.54, 1.807) is 4.90 Å². The molecule has 0 aliphatic carbocycles. The molecule has 2 fully saturated rings. The zero-order valence-electron chi connectivity index (χ0n) is 11.7. The summed E-state index contributed by atoms with van der Waals surface area (Å²) in [5.41, 5.74) is 0.345. The van der Waals surface area contributed by atoms with Gasteiger partial charge in [0.2, 0.25) is 0 Å². The number of benzene rings is 1. The zero-order chi connectivity index (χ0) is 15.9. The van der Waals surface area contributed by atoms with Crippen LogP contribution in [0.3, 0.4) is 0 Å². The molecule has 0 spiro atoms. The summed E-state index contributed by atoms with van der Waals surface area (Å²) < 4.78 is 47.9. The van der Waals surface area contributed by atoms with E-state index in [-0.39, 0.29) is 34.9 Å². The van der Waals surface area contributed by atoms with Crippen LogP contribution in [0.25, 0.3) is 0 Å². The summed E-state index contributed by atoms with van der Waals surface area (Å²) in [6, 6.07) is 5.08. The number of amides is 2. The summed E-state index contributed by atoms with van der Waals surface area (Å²) in [5.74, 6) is 0.309. The molecule has 5 nitrogen and oxygen atoms in total. The summed E-state index contributed by atoms with van der Waals surface area (Å²) in [5, 5.41) is 2.65. The molecule has 1 aromatic rings. The van der Waals surface area contributed by atoms with Gasteiger partial charge in [0.1, 0.15) is 0 Å². The van der Waals surface area contributed by atoms with Gasteiger partial charge in [-0.15, -0.1) is 0 Å². The van der Waals surface area contributed by atoms with Crippen LogP contribution >= 0.6 is 0 Å². The van der Waals surface area contributed by atoms with E-state index in [4.69, 9.17) is 0 Å². The first-order valence-corrected chi connectivity index (χ1v) is 8.81. The highest BCUT2D eigenvalue weighted by atomic mass is 32.2. The molecule has 2 atom stereocenters. The number of urea groups is 1. The molecule has 2 aliphatic heterocycles. The molecule has 1 aromatic carbocycles. The van der Waals surface area contributed by atoms with Crippen LogP contribution in [-0.2, 0) is 9.84 Å². The first kappa shape index (κ1) is 15.2. The second-order valence-electron chi connectivity index (χ2n) is 5.85. The number of hydrogen-bond donors (Lipinski definition) is 1. The minimum absolute atomic E-state index is 0.0111. The third kappa shape index (κ3) is 3.06. The van der Waals surface area contributed by atoms with E-state index in [9.17, 15) is 22.0 Å². The van der Waals surface area contributed by atoms with Crippen LogP contribution in [0.2, 0.25) is 0 Å². The number of likely N-dealkylation sites (tertiary alicyclic amines) is 1. The van der Waals surface area contributed by atoms with Gasteiger partial charge in [-0.1, -0.05) is 12.1 Å². The third-order valence-electron chi connectivity index (χ3n) is 4.21. The van der Waals surface area contributed by atoms with Crippen molar-refractivity contribution in [1.29, 1.82) is 0 Å². The van der Waals surface area contributed by atoms with E-state index in [1.165, 1.54) is 24.3 Å². The van der Waals surface area contributed by atoms with Gasteiger partial charge in [-0.2, -0.15) is 0 Å². The van der Waals surface area contributed by atoms with Gasteiger partial charge >= 0.3 is 6.03 Å². The number of carbonyl (C=O) groups excluding carboxylic acids is 1.